The average molecular weight is 366 g/mol. The molecule has 0 saturated carbocycles. The standard InChI is InChI=1S/C16H22N4O4S/c1-9-13(11(3)21)10(2)17-14(9)12(22)8-25-16-19-18-15(23)20(16)6-5-7-24-4/h17H,5-8H2,1-4H3,(H,18,23). The summed E-state index contributed by atoms with van der Waals surface area (Å²) in [5.74, 6) is -0.0959. The van der Waals surface area contributed by atoms with Crippen molar-refractivity contribution >= 4 is 23.3 Å². The predicted octanol–water partition coefficient (Wildman–Crippen LogP) is 1.73. The molecule has 2 heterocycles. The number of rotatable bonds is 9. The highest BCUT2D eigenvalue weighted by atomic mass is 32.2. The van der Waals surface area contributed by atoms with E-state index in [1.54, 1.807) is 21.0 Å². The third-order valence-corrected chi connectivity index (χ3v) is 4.83. The van der Waals surface area contributed by atoms with Crippen molar-refractivity contribution in [3.05, 3.63) is 33.0 Å². The number of thioether (sulfide) groups is 1. The number of H-pyrrole nitrogens is 2. The van der Waals surface area contributed by atoms with Gasteiger partial charge in [0.15, 0.2) is 16.7 Å². The Balaban J connectivity index is 2.10. The zero-order valence-electron chi connectivity index (χ0n) is 14.8. The second-order valence-corrected chi connectivity index (χ2v) is 6.64. The van der Waals surface area contributed by atoms with Crippen LogP contribution in [-0.2, 0) is 11.3 Å². The number of aromatic amines is 2. The Morgan fingerprint density at radius 1 is 1.32 bits per heavy atom. The minimum absolute atomic E-state index is 0.0720. The molecule has 136 valence electrons. The number of methoxy groups -OCH3 is 1. The summed E-state index contributed by atoms with van der Waals surface area (Å²) in [6.45, 7) is 6.01. The van der Waals surface area contributed by atoms with Crippen LogP contribution in [0.4, 0.5) is 0 Å². The summed E-state index contributed by atoms with van der Waals surface area (Å²) >= 11 is 1.19. The van der Waals surface area contributed by atoms with E-state index in [4.69, 9.17) is 4.74 Å². The monoisotopic (exact) mass is 366 g/mol. The van der Waals surface area contributed by atoms with Crippen LogP contribution in [0.3, 0.4) is 0 Å². The van der Waals surface area contributed by atoms with Crippen molar-refractivity contribution in [1.82, 2.24) is 19.7 Å². The van der Waals surface area contributed by atoms with Gasteiger partial charge in [0.05, 0.1) is 11.4 Å². The zero-order valence-corrected chi connectivity index (χ0v) is 15.6. The van der Waals surface area contributed by atoms with Crippen molar-refractivity contribution in [3.8, 4) is 0 Å². The fraction of sp³-hybridized carbons (Fsp3) is 0.500. The zero-order chi connectivity index (χ0) is 18.6. The molecule has 0 fully saturated rings. The van der Waals surface area contributed by atoms with Crippen molar-refractivity contribution < 1.29 is 14.3 Å². The Kier molecular flexibility index (Phi) is 6.38. The molecule has 0 aromatic carbocycles. The molecule has 0 spiro atoms. The lowest BCUT2D eigenvalue weighted by molar-refractivity contribution is 0.101. The molecular weight excluding hydrogens is 344 g/mol. The van der Waals surface area contributed by atoms with E-state index in [9.17, 15) is 14.4 Å². The van der Waals surface area contributed by atoms with E-state index in [0.29, 0.717) is 47.2 Å². The molecule has 0 aliphatic rings. The van der Waals surface area contributed by atoms with Crippen LogP contribution in [0.25, 0.3) is 0 Å². The van der Waals surface area contributed by atoms with Crippen LogP contribution in [0.5, 0.6) is 0 Å². The van der Waals surface area contributed by atoms with Gasteiger partial charge < -0.3 is 9.72 Å². The molecule has 0 aliphatic carbocycles. The summed E-state index contributed by atoms with van der Waals surface area (Å²) in [7, 11) is 1.60. The van der Waals surface area contributed by atoms with Gasteiger partial charge in [0, 0.05) is 31.5 Å². The maximum atomic E-state index is 12.5. The minimum atomic E-state index is -0.309. The summed E-state index contributed by atoms with van der Waals surface area (Å²) in [4.78, 5) is 39.0. The van der Waals surface area contributed by atoms with Gasteiger partial charge in [-0.1, -0.05) is 11.8 Å². The van der Waals surface area contributed by atoms with Crippen LogP contribution in [0.15, 0.2) is 9.95 Å². The first-order chi connectivity index (χ1) is 11.9. The van der Waals surface area contributed by atoms with E-state index in [2.05, 4.69) is 15.2 Å². The summed E-state index contributed by atoms with van der Waals surface area (Å²) in [5, 5.41) is 6.82. The number of nitrogens with one attached hydrogen (secondary N) is 2. The van der Waals surface area contributed by atoms with Crippen molar-refractivity contribution in [2.45, 2.75) is 38.9 Å². The van der Waals surface area contributed by atoms with Gasteiger partial charge in [-0.25, -0.2) is 9.89 Å². The Bertz CT molecular complexity index is 834. The molecule has 8 nitrogen and oxygen atoms in total. The number of hydrogen-bond acceptors (Lipinski definition) is 6. The highest BCUT2D eigenvalue weighted by molar-refractivity contribution is 7.99. The number of ketones is 2. The number of carbonyl (C=O) groups excluding carboxylic acids is 2. The Morgan fingerprint density at radius 2 is 2.04 bits per heavy atom. The molecule has 2 aromatic rings. The van der Waals surface area contributed by atoms with Gasteiger partial charge >= 0.3 is 5.69 Å². The third kappa shape index (κ3) is 4.29. The fourth-order valence-electron chi connectivity index (χ4n) is 2.74. The minimum Gasteiger partial charge on any atom is -0.385 e. The first kappa shape index (κ1) is 19.2. The van der Waals surface area contributed by atoms with Gasteiger partial charge in [0.1, 0.15) is 0 Å². The number of hydrogen-bond donors (Lipinski definition) is 2. The first-order valence-electron chi connectivity index (χ1n) is 7.87. The van der Waals surface area contributed by atoms with E-state index >= 15 is 0 Å². The summed E-state index contributed by atoms with van der Waals surface area (Å²) < 4.78 is 6.47. The molecule has 25 heavy (non-hydrogen) atoms. The SMILES string of the molecule is COCCCn1c(SCC(=O)c2[nH]c(C)c(C(C)=O)c2C)n[nH]c1=O. The molecule has 2 N–H and O–H groups in total. The molecule has 0 unspecified atom stereocenters. The number of aromatic nitrogens is 4. The molecule has 0 aliphatic heterocycles. The quantitative estimate of drug-likeness (QED) is 0.397. The van der Waals surface area contributed by atoms with Gasteiger partial charge in [-0.2, -0.15) is 0 Å². The first-order valence-corrected chi connectivity index (χ1v) is 8.85. The molecule has 2 rings (SSSR count). The fourth-order valence-corrected chi connectivity index (χ4v) is 3.58. The number of Topliss-reactive ketones (excluding diaryl/α,β-unsaturated/α-hetero) is 2. The summed E-state index contributed by atoms with van der Waals surface area (Å²) in [6.07, 6.45) is 0.675. The topological polar surface area (TPSA) is 110 Å². The van der Waals surface area contributed by atoms with E-state index in [-0.39, 0.29) is 23.0 Å². The number of aryl methyl sites for hydroxylation is 1. The number of carbonyl (C=O) groups is 2. The van der Waals surface area contributed by atoms with E-state index in [1.807, 2.05) is 0 Å². The molecule has 0 amide bonds. The van der Waals surface area contributed by atoms with Crippen LogP contribution < -0.4 is 5.69 Å². The Morgan fingerprint density at radius 3 is 2.64 bits per heavy atom. The number of nitrogens with zero attached hydrogens (tertiary/aromatic N) is 2. The van der Waals surface area contributed by atoms with Gasteiger partial charge in [0.25, 0.3) is 0 Å². The molecule has 0 bridgehead atoms. The van der Waals surface area contributed by atoms with Gasteiger partial charge in [-0.15, -0.1) is 5.10 Å². The predicted molar refractivity (Wildman–Crippen MR) is 94.7 cm³/mol. The highest BCUT2D eigenvalue weighted by Crippen LogP contribution is 2.22. The maximum Gasteiger partial charge on any atom is 0.343 e. The Hall–Kier alpha value is -2.13. The van der Waals surface area contributed by atoms with Crippen molar-refractivity contribution in [2.75, 3.05) is 19.5 Å². The maximum absolute atomic E-state index is 12.5. The van der Waals surface area contributed by atoms with E-state index in [1.165, 1.54) is 23.3 Å². The third-order valence-electron chi connectivity index (χ3n) is 3.85. The number of ether oxygens (including phenoxy) is 1. The largest absolute Gasteiger partial charge is 0.385 e. The summed E-state index contributed by atoms with van der Waals surface area (Å²) in [6, 6.07) is 0. The van der Waals surface area contributed by atoms with Crippen LogP contribution in [0.2, 0.25) is 0 Å². The second kappa shape index (κ2) is 8.30. The lowest BCUT2D eigenvalue weighted by Crippen LogP contribution is -2.19. The molecular formula is C16H22N4O4S. The lowest BCUT2D eigenvalue weighted by Gasteiger charge is -2.05. The van der Waals surface area contributed by atoms with Crippen molar-refractivity contribution in [1.29, 1.82) is 0 Å². The van der Waals surface area contributed by atoms with Crippen LogP contribution in [-0.4, -0.2) is 50.8 Å². The summed E-state index contributed by atoms with van der Waals surface area (Å²) in [5.41, 5.74) is 2.03. The molecule has 0 atom stereocenters. The second-order valence-electron chi connectivity index (χ2n) is 5.70. The van der Waals surface area contributed by atoms with Crippen molar-refractivity contribution in [2.24, 2.45) is 0 Å². The van der Waals surface area contributed by atoms with Crippen LogP contribution >= 0.6 is 11.8 Å². The molecule has 0 saturated heterocycles. The van der Waals surface area contributed by atoms with E-state index < -0.39 is 0 Å². The van der Waals surface area contributed by atoms with E-state index in [0.717, 1.165) is 0 Å². The van der Waals surface area contributed by atoms with Crippen molar-refractivity contribution in [3.63, 3.8) is 0 Å². The van der Waals surface area contributed by atoms with Gasteiger partial charge in [-0.05, 0) is 32.8 Å². The molecule has 0 radical (unpaired) electrons. The van der Waals surface area contributed by atoms with Crippen LogP contribution in [0, 0.1) is 13.8 Å². The lowest BCUT2D eigenvalue weighted by atomic mass is 10.1. The smallest absolute Gasteiger partial charge is 0.343 e. The van der Waals surface area contributed by atoms with Gasteiger partial charge in [-0.3, -0.25) is 14.2 Å². The molecule has 9 heteroatoms. The highest BCUT2D eigenvalue weighted by Gasteiger charge is 2.20. The van der Waals surface area contributed by atoms with Crippen LogP contribution in [0.1, 0.15) is 45.4 Å². The average Bonchev–Trinajstić information content (AvgIpc) is 3.05. The van der Waals surface area contributed by atoms with Gasteiger partial charge in [0.2, 0.25) is 0 Å². The Labute approximate surface area is 149 Å². The molecule has 2 aromatic heterocycles. The normalized spacial score (nSPS) is 11.0.